The van der Waals surface area contributed by atoms with Crippen molar-refractivity contribution in [1.29, 1.82) is 0 Å². The molecule has 1 aliphatic heterocycles. The molecule has 0 aliphatic carbocycles. The number of methoxy groups -OCH3 is 1. The molecule has 0 atom stereocenters. The van der Waals surface area contributed by atoms with Crippen molar-refractivity contribution in [1.82, 2.24) is 9.97 Å². The van der Waals surface area contributed by atoms with Crippen molar-refractivity contribution >= 4 is 11.8 Å². The van der Waals surface area contributed by atoms with Crippen molar-refractivity contribution in [2.24, 2.45) is 0 Å². The summed E-state index contributed by atoms with van der Waals surface area (Å²) < 4.78 is 10.6. The fourth-order valence-corrected chi connectivity index (χ4v) is 2.64. The maximum atomic E-state index is 11.3. The van der Waals surface area contributed by atoms with Crippen LogP contribution in [0.25, 0.3) is 0 Å². The zero-order valence-electron chi connectivity index (χ0n) is 12.6. The molecule has 1 fully saturated rings. The predicted octanol–water partition coefficient (Wildman–Crippen LogP) is 1.66. The van der Waals surface area contributed by atoms with Crippen LogP contribution in [-0.4, -0.2) is 47.3 Å². The molecule has 1 aliphatic rings. The first-order valence-corrected chi connectivity index (χ1v) is 6.58. The molecular formula is C14H21N3O3. The number of morpholine rings is 1. The van der Waals surface area contributed by atoms with Gasteiger partial charge in [-0.3, -0.25) is 0 Å². The van der Waals surface area contributed by atoms with E-state index in [1.165, 1.54) is 13.3 Å². The fraction of sp³-hybridized carbons (Fsp3) is 0.643. The van der Waals surface area contributed by atoms with E-state index in [4.69, 9.17) is 4.74 Å². The molecule has 0 saturated carbocycles. The Labute approximate surface area is 119 Å². The minimum atomic E-state index is -0.480. The highest BCUT2D eigenvalue weighted by molar-refractivity contribution is 5.86. The zero-order valence-corrected chi connectivity index (χ0v) is 12.6. The van der Waals surface area contributed by atoms with Gasteiger partial charge in [-0.25, -0.2) is 14.8 Å². The Balaban J connectivity index is 2.21. The van der Waals surface area contributed by atoms with Gasteiger partial charge in [0.15, 0.2) is 5.69 Å². The summed E-state index contributed by atoms with van der Waals surface area (Å²) in [6, 6.07) is 0. The molecule has 0 spiro atoms. The summed E-state index contributed by atoms with van der Waals surface area (Å²) in [5.74, 6) is 0.258. The third kappa shape index (κ3) is 3.25. The second-order valence-corrected chi connectivity index (χ2v) is 6.23. The van der Waals surface area contributed by atoms with Crippen LogP contribution in [0.5, 0.6) is 0 Å². The maximum Gasteiger partial charge on any atom is 0.358 e. The molecular weight excluding hydrogens is 258 g/mol. The largest absolute Gasteiger partial charge is 0.464 e. The summed E-state index contributed by atoms with van der Waals surface area (Å²) >= 11 is 0. The molecule has 0 amide bonds. The van der Waals surface area contributed by atoms with Crippen molar-refractivity contribution in [3.63, 3.8) is 0 Å². The molecule has 1 saturated heterocycles. The van der Waals surface area contributed by atoms with E-state index in [-0.39, 0.29) is 16.9 Å². The molecule has 1 aromatic rings. The number of anilines is 1. The Morgan fingerprint density at radius 3 is 2.25 bits per heavy atom. The lowest BCUT2D eigenvalue weighted by Gasteiger charge is -2.47. The highest BCUT2D eigenvalue weighted by Gasteiger charge is 2.38. The average Bonchev–Trinajstić information content (AvgIpc) is 2.34. The van der Waals surface area contributed by atoms with Gasteiger partial charge in [-0.15, -0.1) is 0 Å². The fourth-order valence-electron chi connectivity index (χ4n) is 2.64. The number of hydrogen-bond acceptors (Lipinski definition) is 6. The van der Waals surface area contributed by atoms with Crippen LogP contribution in [0.3, 0.4) is 0 Å². The van der Waals surface area contributed by atoms with Gasteiger partial charge in [-0.2, -0.15) is 0 Å². The molecule has 20 heavy (non-hydrogen) atoms. The molecule has 6 heteroatoms. The van der Waals surface area contributed by atoms with Crippen LogP contribution in [0.1, 0.15) is 38.2 Å². The van der Waals surface area contributed by atoms with Crippen LogP contribution in [0.4, 0.5) is 5.82 Å². The third-order valence-corrected chi connectivity index (χ3v) is 3.05. The number of carbonyl (C=O) groups excluding carboxylic acids is 1. The van der Waals surface area contributed by atoms with Crippen LogP contribution in [0.15, 0.2) is 12.4 Å². The smallest absolute Gasteiger partial charge is 0.358 e. The monoisotopic (exact) mass is 279 g/mol. The standard InChI is InChI=1S/C14H21N3O3/c1-13(2)8-17(9-14(3,4)20-13)11-7-15-10(6-16-11)12(18)19-5/h6-7H,8-9H2,1-5H3. The van der Waals surface area contributed by atoms with E-state index in [0.717, 1.165) is 18.9 Å². The molecule has 1 aromatic heterocycles. The quantitative estimate of drug-likeness (QED) is 0.767. The topological polar surface area (TPSA) is 64.5 Å². The van der Waals surface area contributed by atoms with E-state index < -0.39 is 5.97 Å². The minimum absolute atomic E-state index is 0.211. The molecule has 0 bridgehead atoms. The van der Waals surface area contributed by atoms with E-state index in [1.54, 1.807) is 6.20 Å². The zero-order chi connectivity index (χ0) is 15.0. The highest BCUT2D eigenvalue weighted by atomic mass is 16.5. The molecule has 0 unspecified atom stereocenters. The Hall–Kier alpha value is -1.69. The van der Waals surface area contributed by atoms with Gasteiger partial charge in [0.1, 0.15) is 5.82 Å². The summed E-state index contributed by atoms with van der Waals surface area (Å²) in [7, 11) is 1.32. The van der Waals surface area contributed by atoms with Crippen LogP contribution < -0.4 is 4.90 Å². The van der Waals surface area contributed by atoms with Gasteiger partial charge in [-0.05, 0) is 27.7 Å². The number of nitrogens with zero attached hydrogens (tertiary/aromatic N) is 3. The van der Waals surface area contributed by atoms with Crippen molar-refractivity contribution in [2.45, 2.75) is 38.9 Å². The summed E-state index contributed by atoms with van der Waals surface area (Å²) in [5, 5.41) is 0. The number of ether oxygens (including phenoxy) is 2. The maximum absolute atomic E-state index is 11.3. The third-order valence-electron chi connectivity index (χ3n) is 3.05. The summed E-state index contributed by atoms with van der Waals surface area (Å²) in [5.41, 5.74) is -0.308. The van der Waals surface area contributed by atoms with Gasteiger partial charge in [0.25, 0.3) is 0 Å². The summed E-state index contributed by atoms with van der Waals surface area (Å²) in [6.07, 6.45) is 3.04. The van der Waals surface area contributed by atoms with Crippen LogP contribution in [0.2, 0.25) is 0 Å². The molecule has 2 rings (SSSR count). The summed E-state index contributed by atoms with van der Waals surface area (Å²) in [4.78, 5) is 21.9. The number of carbonyl (C=O) groups is 1. The van der Waals surface area contributed by atoms with Gasteiger partial charge in [0, 0.05) is 13.1 Å². The first-order chi connectivity index (χ1) is 9.22. The highest BCUT2D eigenvalue weighted by Crippen LogP contribution is 2.30. The van der Waals surface area contributed by atoms with Gasteiger partial charge in [0.2, 0.25) is 0 Å². The van der Waals surface area contributed by atoms with E-state index in [2.05, 4.69) is 47.3 Å². The first kappa shape index (κ1) is 14.7. The van der Waals surface area contributed by atoms with Gasteiger partial charge in [-0.1, -0.05) is 0 Å². The second kappa shape index (κ2) is 5.01. The lowest BCUT2D eigenvalue weighted by Crippen LogP contribution is -2.57. The first-order valence-electron chi connectivity index (χ1n) is 6.58. The molecule has 6 nitrogen and oxygen atoms in total. The van der Waals surface area contributed by atoms with Gasteiger partial charge < -0.3 is 14.4 Å². The Bertz CT molecular complexity index is 481. The molecule has 110 valence electrons. The minimum Gasteiger partial charge on any atom is -0.464 e. The lowest BCUT2D eigenvalue weighted by atomic mass is 9.99. The second-order valence-electron chi connectivity index (χ2n) is 6.23. The van der Waals surface area contributed by atoms with Crippen molar-refractivity contribution < 1.29 is 14.3 Å². The Kier molecular flexibility index (Phi) is 3.69. The molecule has 2 heterocycles. The SMILES string of the molecule is COC(=O)c1cnc(N2CC(C)(C)OC(C)(C)C2)cn1. The van der Waals surface area contributed by atoms with Crippen molar-refractivity contribution in [3.05, 3.63) is 18.1 Å². The number of hydrogen-bond donors (Lipinski definition) is 0. The van der Waals surface area contributed by atoms with Gasteiger partial charge >= 0.3 is 5.97 Å². The number of rotatable bonds is 2. The molecule has 0 radical (unpaired) electrons. The van der Waals surface area contributed by atoms with E-state index >= 15 is 0 Å². The number of esters is 1. The molecule has 0 aromatic carbocycles. The van der Waals surface area contributed by atoms with Crippen LogP contribution in [0, 0.1) is 0 Å². The lowest BCUT2D eigenvalue weighted by molar-refractivity contribution is -0.133. The Morgan fingerprint density at radius 2 is 1.80 bits per heavy atom. The Morgan fingerprint density at radius 1 is 1.20 bits per heavy atom. The van der Waals surface area contributed by atoms with Crippen LogP contribution >= 0.6 is 0 Å². The van der Waals surface area contributed by atoms with Crippen molar-refractivity contribution in [2.75, 3.05) is 25.1 Å². The van der Waals surface area contributed by atoms with Crippen LogP contribution in [-0.2, 0) is 9.47 Å². The van der Waals surface area contributed by atoms with E-state index in [9.17, 15) is 4.79 Å². The normalized spacial score (nSPS) is 20.6. The average molecular weight is 279 g/mol. The predicted molar refractivity (Wildman–Crippen MR) is 74.8 cm³/mol. The molecule has 0 N–H and O–H groups in total. The summed E-state index contributed by atoms with van der Waals surface area (Å²) in [6.45, 7) is 9.66. The van der Waals surface area contributed by atoms with E-state index in [0.29, 0.717) is 0 Å². The van der Waals surface area contributed by atoms with E-state index in [1.807, 2.05) is 0 Å². The number of aromatic nitrogens is 2. The van der Waals surface area contributed by atoms with Gasteiger partial charge in [0.05, 0.1) is 30.7 Å². The van der Waals surface area contributed by atoms with Crippen molar-refractivity contribution in [3.8, 4) is 0 Å².